The van der Waals surface area contributed by atoms with E-state index in [1.807, 2.05) is 0 Å². The van der Waals surface area contributed by atoms with Crippen LogP contribution >= 0.6 is 0 Å². The Hall–Kier alpha value is -0.720. The summed E-state index contributed by atoms with van der Waals surface area (Å²) in [6.07, 6.45) is 12.1. The van der Waals surface area contributed by atoms with Crippen molar-refractivity contribution >= 4 is 0 Å². The van der Waals surface area contributed by atoms with E-state index in [4.69, 9.17) is 0 Å². The molecule has 0 N–H and O–H groups in total. The summed E-state index contributed by atoms with van der Waals surface area (Å²) in [6.45, 7) is 2.52. The fourth-order valence-corrected chi connectivity index (χ4v) is 1.86. The first-order chi connectivity index (χ1) is 5.47. The summed E-state index contributed by atoms with van der Waals surface area (Å²) in [5, 5.41) is 0. The lowest BCUT2D eigenvalue weighted by Gasteiger charge is -2.30. The molecule has 2 rings (SSSR count). The molecular formula is C10H15N. The standard InChI is InChI=1S/C10H15N/c1-2-6-10-7-3-5-9-11(10)8-4-1/h1-2,6H,3-5,7-9H2. The van der Waals surface area contributed by atoms with E-state index in [0.717, 1.165) is 0 Å². The molecule has 1 saturated heterocycles. The zero-order valence-corrected chi connectivity index (χ0v) is 6.92. The van der Waals surface area contributed by atoms with Gasteiger partial charge in [0.2, 0.25) is 0 Å². The number of hydrogen-bond donors (Lipinski definition) is 0. The summed E-state index contributed by atoms with van der Waals surface area (Å²) in [7, 11) is 0. The first-order valence-corrected chi connectivity index (χ1v) is 4.57. The molecule has 0 radical (unpaired) electrons. The van der Waals surface area contributed by atoms with Gasteiger partial charge in [0.25, 0.3) is 0 Å². The summed E-state index contributed by atoms with van der Waals surface area (Å²) in [4.78, 5) is 2.53. The van der Waals surface area contributed by atoms with Crippen LogP contribution in [0.3, 0.4) is 0 Å². The van der Waals surface area contributed by atoms with E-state index in [2.05, 4.69) is 23.1 Å². The quantitative estimate of drug-likeness (QED) is 0.511. The molecule has 0 aromatic carbocycles. The fourth-order valence-electron chi connectivity index (χ4n) is 1.86. The monoisotopic (exact) mass is 149 g/mol. The third kappa shape index (κ3) is 1.47. The Kier molecular flexibility index (Phi) is 1.97. The molecule has 0 atom stereocenters. The molecule has 0 bridgehead atoms. The minimum absolute atomic E-state index is 1.22. The molecule has 2 aliphatic rings. The van der Waals surface area contributed by atoms with Gasteiger partial charge in [-0.2, -0.15) is 0 Å². The Morgan fingerprint density at radius 1 is 1.18 bits per heavy atom. The second-order valence-corrected chi connectivity index (χ2v) is 3.32. The van der Waals surface area contributed by atoms with Gasteiger partial charge in [0.05, 0.1) is 0 Å². The number of nitrogens with zero attached hydrogens (tertiary/aromatic N) is 1. The Labute approximate surface area is 68.4 Å². The molecule has 1 fully saturated rings. The van der Waals surface area contributed by atoms with Crippen molar-refractivity contribution in [2.75, 3.05) is 13.1 Å². The van der Waals surface area contributed by atoms with Crippen molar-refractivity contribution in [3.63, 3.8) is 0 Å². The predicted octanol–water partition coefficient (Wildman–Crippen LogP) is 2.32. The third-order valence-electron chi connectivity index (χ3n) is 2.51. The number of allylic oxidation sites excluding steroid dienone is 3. The van der Waals surface area contributed by atoms with Gasteiger partial charge in [0, 0.05) is 18.8 Å². The Morgan fingerprint density at radius 3 is 3.18 bits per heavy atom. The molecule has 0 saturated carbocycles. The average Bonchev–Trinajstić information content (AvgIpc) is 2.28. The van der Waals surface area contributed by atoms with Crippen LogP contribution in [-0.2, 0) is 0 Å². The maximum atomic E-state index is 2.53. The second kappa shape index (κ2) is 3.12. The van der Waals surface area contributed by atoms with E-state index in [9.17, 15) is 0 Å². The van der Waals surface area contributed by atoms with Gasteiger partial charge in [-0.1, -0.05) is 12.2 Å². The minimum atomic E-state index is 1.22. The molecule has 0 aliphatic carbocycles. The average molecular weight is 149 g/mol. The lowest BCUT2D eigenvalue weighted by molar-refractivity contribution is 0.297. The molecule has 0 unspecified atom stereocenters. The Morgan fingerprint density at radius 2 is 2.18 bits per heavy atom. The van der Waals surface area contributed by atoms with E-state index in [1.165, 1.54) is 38.8 Å². The predicted molar refractivity (Wildman–Crippen MR) is 47.3 cm³/mol. The zero-order valence-electron chi connectivity index (χ0n) is 6.92. The van der Waals surface area contributed by atoms with Crippen molar-refractivity contribution in [1.29, 1.82) is 0 Å². The summed E-state index contributed by atoms with van der Waals surface area (Å²) >= 11 is 0. The maximum absolute atomic E-state index is 2.53. The van der Waals surface area contributed by atoms with Gasteiger partial charge in [-0.3, -0.25) is 0 Å². The van der Waals surface area contributed by atoms with Crippen molar-refractivity contribution in [3.8, 4) is 0 Å². The highest BCUT2D eigenvalue weighted by Gasteiger charge is 2.13. The van der Waals surface area contributed by atoms with Crippen LogP contribution in [0.25, 0.3) is 0 Å². The SMILES string of the molecule is C1=CCCN2CCCCC2=C1. The second-order valence-electron chi connectivity index (χ2n) is 3.32. The van der Waals surface area contributed by atoms with Crippen LogP contribution in [0.4, 0.5) is 0 Å². The van der Waals surface area contributed by atoms with Crippen molar-refractivity contribution in [3.05, 3.63) is 23.9 Å². The summed E-state index contributed by atoms with van der Waals surface area (Å²) in [6, 6.07) is 0. The van der Waals surface area contributed by atoms with E-state index < -0.39 is 0 Å². The molecule has 0 spiro atoms. The largest absolute Gasteiger partial charge is 0.375 e. The van der Waals surface area contributed by atoms with Crippen LogP contribution < -0.4 is 0 Å². The molecule has 11 heavy (non-hydrogen) atoms. The molecule has 1 heteroatoms. The minimum Gasteiger partial charge on any atom is -0.375 e. The van der Waals surface area contributed by atoms with E-state index in [1.54, 1.807) is 5.70 Å². The molecule has 1 nitrogen and oxygen atoms in total. The van der Waals surface area contributed by atoms with Gasteiger partial charge < -0.3 is 4.90 Å². The highest BCUT2D eigenvalue weighted by atomic mass is 15.1. The first kappa shape index (κ1) is 6.96. The van der Waals surface area contributed by atoms with E-state index in [-0.39, 0.29) is 0 Å². The van der Waals surface area contributed by atoms with Crippen molar-refractivity contribution < 1.29 is 0 Å². The van der Waals surface area contributed by atoms with Gasteiger partial charge in [0.15, 0.2) is 0 Å². The third-order valence-corrected chi connectivity index (χ3v) is 2.51. The van der Waals surface area contributed by atoms with E-state index in [0.29, 0.717) is 0 Å². The molecule has 2 aliphatic heterocycles. The highest BCUT2D eigenvalue weighted by Crippen LogP contribution is 2.21. The van der Waals surface area contributed by atoms with Gasteiger partial charge in [0.1, 0.15) is 0 Å². The maximum Gasteiger partial charge on any atom is 0.0209 e. The molecule has 60 valence electrons. The van der Waals surface area contributed by atoms with Crippen molar-refractivity contribution in [1.82, 2.24) is 4.90 Å². The van der Waals surface area contributed by atoms with Gasteiger partial charge in [-0.15, -0.1) is 0 Å². The molecule has 2 heterocycles. The van der Waals surface area contributed by atoms with Crippen LogP contribution in [0, 0.1) is 0 Å². The Bertz CT molecular complexity index is 191. The molecule has 0 aromatic heterocycles. The number of rotatable bonds is 0. The van der Waals surface area contributed by atoms with Crippen molar-refractivity contribution in [2.45, 2.75) is 25.7 Å². The molecule has 0 aromatic rings. The van der Waals surface area contributed by atoms with E-state index >= 15 is 0 Å². The van der Waals surface area contributed by atoms with Gasteiger partial charge in [-0.05, 0) is 31.8 Å². The van der Waals surface area contributed by atoms with Crippen LogP contribution in [0.5, 0.6) is 0 Å². The van der Waals surface area contributed by atoms with Crippen LogP contribution in [0.2, 0.25) is 0 Å². The normalized spacial score (nSPS) is 24.0. The number of fused-ring (bicyclic) bond motifs is 1. The van der Waals surface area contributed by atoms with Crippen LogP contribution in [-0.4, -0.2) is 18.0 Å². The van der Waals surface area contributed by atoms with Crippen molar-refractivity contribution in [2.24, 2.45) is 0 Å². The van der Waals surface area contributed by atoms with Crippen LogP contribution in [0.1, 0.15) is 25.7 Å². The highest BCUT2D eigenvalue weighted by molar-refractivity contribution is 5.15. The van der Waals surface area contributed by atoms with Crippen LogP contribution in [0.15, 0.2) is 23.9 Å². The lowest BCUT2D eigenvalue weighted by Crippen LogP contribution is -2.27. The number of piperidine rings is 1. The Balaban J connectivity index is 2.11. The summed E-state index contributed by atoms with van der Waals surface area (Å²) < 4.78 is 0. The topological polar surface area (TPSA) is 3.24 Å². The summed E-state index contributed by atoms with van der Waals surface area (Å²) in [5.41, 5.74) is 1.56. The lowest BCUT2D eigenvalue weighted by atomic mass is 10.1. The number of hydrogen-bond acceptors (Lipinski definition) is 1. The zero-order chi connectivity index (χ0) is 7.52. The summed E-state index contributed by atoms with van der Waals surface area (Å²) in [5.74, 6) is 0. The smallest absolute Gasteiger partial charge is 0.0209 e. The first-order valence-electron chi connectivity index (χ1n) is 4.57. The van der Waals surface area contributed by atoms with Gasteiger partial charge in [-0.25, -0.2) is 0 Å². The molecular weight excluding hydrogens is 134 g/mol. The fraction of sp³-hybridized carbons (Fsp3) is 0.600. The van der Waals surface area contributed by atoms with Gasteiger partial charge >= 0.3 is 0 Å². The molecule has 0 amide bonds.